The van der Waals surface area contributed by atoms with Crippen LogP contribution in [0.5, 0.6) is 0 Å². The molecule has 0 heterocycles. The minimum atomic E-state index is -0.960. The molecule has 1 atom stereocenters. The molecule has 19 heavy (non-hydrogen) atoms. The Balaban J connectivity index is 3.00. The van der Waals surface area contributed by atoms with Crippen LogP contribution in [-0.4, -0.2) is 26.2 Å². The third-order valence-corrected chi connectivity index (χ3v) is 3.15. The highest BCUT2D eigenvalue weighted by Crippen LogP contribution is 2.26. The van der Waals surface area contributed by atoms with Crippen LogP contribution < -0.4 is 5.73 Å². The minimum absolute atomic E-state index is 0.327. The van der Waals surface area contributed by atoms with Gasteiger partial charge in [0.1, 0.15) is 0 Å². The minimum Gasteiger partial charge on any atom is -0.468 e. The molecule has 0 spiro atoms. The molecule has 1 aromatic carbocycles. The highest BCUT2D eigenvalue weighted by molar-refractivity contribution is 5.95. The Morgan fingerprint density at radius 3 is 1.95 bits per heavy atom. The summed E-state index contributed by atoms with van der Waals surface area (Å²) in [6, 6.07) is 7.45. The predicted octanol–water partition coefficient (Wildman–Crippen LogP) is 1.21. The summed E-state index contributed by atoms with van der Waals surface area (Å²) in [6.07, 6.45) is 0. The van der Waals surface area contributed by atoms with E-state index in [2.05, 4.69) is 9.47 Å². The summed E-state index contributed by atoms with van der Waals surface area (Å²) < 4.78 is 9.33. The molecule has 2 N–H and O–H groups in total. The molecule has 0 aliphatic heterocycles. The topological polar surface area (TPSA) is 78.6 Å². The van der Waals surface area contributed by atoms with Crippen molar-refractivity contribution in [3.8, 4) is 0 Å². The van der Waals surface area contributed by atoms with E-state index in [4.69, 9.17) is 5.73 Å². The SMILES string of the molecule is COC(=O)C(C(=O)OC)C(C)c1ccc(CN)cc1. The molecule has 0 radical (unpaired) electrons. The molecule has 5 nitrogen and oxygen atoms in total. The summed E-state index contributed by atoms with van der Waals surface area (Å²) in [5, 5.41) is 0. The number of esters is 2. The molecule has 0 aliphatic carbocycles. The molecule has 0 aliphatic rings. The molecular formula is C14H19NO4. The van der Waals surface area contributed by atoms with Crippen LogP contribution in [0.1, 0.15) is 24.0 Å². The van der Waals surface area contributed by atoms with Gasteiger partial charge in [-0.3, -0.25) is 9.59 Å². The van der Waals surface area contributed by atoms with Crippen LogP contribution in [0, 0.1) is 5.92 Å². The first-order chi connectivity index (χ1) is 9.04. The summed E-state index contributed by atoms with van der Waals surface area (Å²) in [6.45, 7) is 2.24. The quantitative estimate of drug-likeness (QED) is 0.639. The van der Waals surface area contributed by atoms with Gasteiger partial charge in [0, 0.05) is 12.5 Å². The van der Waals surface area contributed by atoms with Gasteiger partial charge in [0.25, 0.3) is 0 Å². The molecule has 0 saturated carbocycles. The van der Waals surface area contributed by atoms with E-state index in [1.807, 2.05) is 24.3 Å². The Kier molecular flexibility index (Phi) is 5.51. The lowest BCUT2D eigenvalue weighted by Crippen LogP contribution is -2.31. The Hall–Kier alpha value is -1.88. The third kappa shape index (κ3) is 3.54. The molecule has 0 amide bonds. The average molecular weight is 265 g/mol. The molecule has 0 bridgehead atoms. The van der Waals surface area contributed by atoms with Gasteiger partial charge < -0.3 is 15.2 Å². The largest absolute Gasteiger partial charge is 0.468 e. The molecule has 0 fully saturated rings. The number of rotatable bonds is 5. The van der Waals surface area contributed by atoms with E-state index in [0.717, 1.165) is 11.1 Å². The molecule has 1 rings (SSSR count). The van der Waals surface area contributed by atoms with Gasteiger partial charge in [-0.1, -0.05) is 31.2 Å². The Labute approximate surface area is 112 Å². The molecule has 1 unspecified atom stereocenters. The van der Waals surface area contributed by atoms with E-state index >= 15 is 0 Å². The summed E-state index contributed by atoms with van der Waals surface area (Å²) in [5.74, 6) is -2.48. The van der Waals surface area contributed by atoms with Crippen LogP contribution in [0.4, 0.5) is 0 Å². The van der Waals surface area contributed by atoms with Gasteiger partial charge in [0.15, 0.2) is 5.92 Å². The van der Waals surface area contributed by atoms with Gasteiger partial charge in [0.2, 0.25) is 0 Å². The first kappa shape index (κ1) is 15.2. The van der Waals surface area contributed by atoms with E-state index in [1.54, 1.807) is 6.92 Å². The van der Waals surface area contributed by atoms with Gasteiger partial charge in [-0.25, -0.2) is 0 Å². The molecule has 1 aromatic rings. The number of methoxy groups -OCH3 is 2. The van der Waals surface area contributed by atoms with Gasteiger partial charge in [0.05, 0.1) is 14.2 Å². The van der Waals surface area contributed by atoms with E-state index in [1.165, 1.54) is 14.2 Å². The summed E-state index contributed by atoms with van der Waals surface area (Å²) in [4.78, 5) is 23.4. The van der Waals surface area contributed by atoms with Crippen molar-refractivity contribution in [2.45, 2.75) is 19.4 Å². The lowest BCUT2D eigenvalue weighted by atomic mass is 9.87. The lowest BCUT2D eigenvalue weighted by Gasteiger charge is -2.20. The average Bonchev–Trinajstić information content (AvgIpc) is 2.46. The fourth-order valence-corrected chi connectivity index (χ4v) is 1.91. The zero-order valence-corrected chi connectivity index (χ0v) is 11.4. The fourth-order valence-electron chi connectivity index (χ4n) is 1.91. The number of hydrogen-bond acceptors (Lipinski definition) is 5. The first-order valence-electron chi connectivity index (χ1n) is 5.99. The highest BCUT2D eigenvalue weighted by atomic mass is 16.5. The third-order valence-electron chi connectivity index (χ3n) is 3.15. The van der Waals surface area contributed by atoms with Crippen LogP contribution in [0.2, 0.25) is 0 Å². The summed E-state index contributed by atoms with van der Waals surface area (Å²) in [5.41, 5.74) is 7.38. The Bertz CT molecular complexity index is 425. The Morgan fingerprint density at radius 2 is 1.58 bits per heavy atom. The predicted molar refractivity (Wildman–Crippen MR) is 70.3 cm³/mol. The molecule has 0 saturated heterocycles. The van der Waals surface area contributed by atoms with E-state index in [9.17, 15) is 9.59 Å². The van der Waals surface area contributed by atoms with Crippen molar-refractivity contribution in [3.63, 3.8) is 0 Å². The zero-order valence-electron chi connectivity index (χ0n) is 11.4. The number of carbonyl (C=O) groups is 2. The van der Waals surface area contributed by atoms with Crippen molar-refractivity contribution in [1.29, 1.82) is 0 Å². The van der Waals surface area contributed by atoms with Crippen molar-refractivity contribution in [1.82, 2.24) is 0 Å². The van der Waals surface area contributed by atoms with Crippen LogP contribution in [0.15, 0.2) is 24.3 Å². The van der Waals surface area contributed by atoms with Gasteiger partial charge in [-0.15, -0.1) is 0 Å². The van der Waals surface area contributed by atoms with Crippen LogP contribution in [-0.2, 0) is 25.6 Å². The number of ether oxygens (including phenoxy) is 2. The molecule has 5 heteroatoms. The first-order valence-corrected chi connectivity index (χ1v) is 5.99. The highest BCUT2D eigenvalue weighted by Gasteiger charge is 2.35. The summed E-state index contributed by atoms with van der Waals surface area (Å²) >= 11 is 0. The number of carbonyl (C=O) groups excluding carboxylic acids is 2. The van der Waals surface area contributed by atoms with Crippen molar-refractivity contribution >= 4 is 11.9 Å². The monoisotopic (exact) mass is 265 g/mol. The molecule has 0 aromatic heterocycles. The second-order valence-corrected chi connectivity index (χ2v) is 4.26. The second-order valence-electron chi connectivity index (χ2n) is 4.26. The molecule has 104 valence electrons. The number of hydrogen-bond donors (Lipinski definition) is 1. The smallest absolute Gasteiger partial charge is 0.320 e. The van der Waals surface area contributed by atoms with E-state index in [-0.39, 0.29) is 5.92 Å². The number of nitrogens with two attached hydrogens (primary N) is 1. The maximum Gasteiger partial charge on any atom is 0.320 e. The zero-order chi connectivity index (χ0) is 14.4. The maximum atomic E-state index is 11.7. The molecular weight excluding hydrogens is 246 g/mol. The van der Waals surface area contributed by atoms with Gasteiger partial charge >= 0.3 is 11.9 Å². The van der Waals surface area contributed by atoms with E-state index in [0.29, 0.717) is 6.54 Å². The second kappa shape index (κ2) is 6.89. The normalized spacial score (nSPS) is 12.1. The van der Waals surface area contributed by atoms with Crippen molar-refractivity contribution in [3.05, 3.63) is 35.4 Å². The fraction of sp³-hybridized carbons (Fsp3) is 0.429. The van der Waals surface area contributed by atoms with Crippen LogP contribution >= 0.6 is 0 Å². The van der Waals surface area contributed by atoms with Crippen LogP contribution in [0.25, 0.3) is 0 Å². The van der Waals surface area contributed by atoms with Crippen molar-refractivity contribution in [2.24, 2.45) is 11.7 Å². The van der Waals surface area contributed by atoms with Crippen molar-refractivity contribution in [2.75, 3.05) is 14.2 Å². The summed E-state index contributed by atoms with van der Waals surface area (Å²) in [7, 11) is 2.50. The lowest BCUT2D eigenvalue weighted by molar-refractivity contribution is -0.159. The van der Waals surface area contributed by atoms with Crippen molar-refractivity contribution < 1.29 is 19.1 Å². The van der Waals surface area contributed by atoms with Gasteiger partial charge in [-0.2, -0.15) is 0 Å². The van der Waals surface area contributed by atoms with Gasteiger partial charge in [-0.05, 0) is 11.1 Å². The van der Waals surface area contributed by atoms with E-state index < -0.39 is 17.9 Å². The standard InChI is InChI=1S/C14H19NO4/c1-9(11-6-4-10(8-15)5-7-11)12(13(16)18-2)14(17)19-3/h4-7,9,12H,8,15H2,1-3H3. The number of benzene rings is 1. The Morgan fingerprint density at radius 1 is 1.11 bits per heavy atom. The van der Waals surface area contributed by atoms with Crippen LogP contribution in [0.3, 0.4) is 0 Å². The maximum absolute atomic E-state index is 11.7.